The van der Waals surface area contributed by atoms with Gasteiger partial charge in [-0.05, 0) is 18.2 Å². The minimum atomic E-state index is -0.446. The van der Waals surface area contributed by atoms with E-state index in [4.69, 9.17) is 11.6 Å². The fraction of sp³-hybridized carbons (Fsp3) is 0. The molecule has 2 N–H and O–H groups in total. The van der Waals surface area contributed by atoms with Crippen LogP contribution < -0.4 is 5.43 Å². The summed E-state index contributed by atoms with van der Waals surface area (Å²) in [6.07, 6.45) is 1.61. The Morgan fingerprint density at radius 3 is 2.64 bits per heavy atom. The number of benzene rings is 2. The van der Waals surface area contributed by atoms with Gasteiger partial charge in [0.15, 0.2) is 0 Å². The lowest BCUT2D eigenvalue weighted by molar-refractivity contribution is -0.384. The summed E-state index contributed by atoms with van der Waals surface area (Å²) in [6, 6.07) is 13.7. The number of nitrogens with one attached hydrogen (secondary N) is 2. The van der Waals surface area contributed by atoms with Gasteiger partial charge in [0.05, 0.1) is 16.8 Å². The van der Waals surface area contributed by atoms with Gasteiger partial charge in [0.25, 0.3) is 5.69 Å². The van der Waals surface area contributed by atoms with Crippen molar-refractivity contribution in [1.82, 2.24) is 4.98 Å². The number of fused-ring (bicyclic) bond motifs is 1. The standard InChI is InChI=1S/C15H11ClN4O2/c16-15-13(12-3-1-2-4-14(12)18-15)9-17-19-10-5-7-11(8-6-10)20(21)22/h1-9,18-19H/b17-9+. The average Bonchev–Trinajstić information content (AvgIpc) is 2.84. The monoisotopic (exact) mass is 314 g/mol. The van der Waals surface area contributed by atoms with Crippen LogP contribution in [0, 0.1) is 10.1 Å². The average molecular weight is 315 g/mol. The van der Waals surface area contributed by atoms with Crippen molar-refractivity contribution in [3.63, 3.8) is 0 Å². The zero-order valence-electron chi connectivity index (χ0n) is 11.3. The Morgan fingerprint density at radius 2 is 1.91 bits per heavy atom. The molecule has 0 saturated heterocycles. The first-order valence-electron chi connectivity index (χ1n) is 6.45. The Balaban J connectivity index is 1.79. The summed E-state index contributed by atoms with van der Waals surface area (Å²) in [6.45, 7) is 0. The zero-order chi connectivity index (χ0) is 15.5. The maximum Gasteiger partial charge on any atom is 0.269 e. The van der Waals surface area contributed by atoms with E-state index in [0.29, 0.717) is 10.8 Å². The number of nitrogens with zero attached hydrogens (tertiary/aromatic N) is 2. The third-order valence-corrected chi connectivity index (χ3v) is 3.46. The maximum absolute atomic E-state index is 10.6. The molecule has 0 fully saturated rings. The quantitative estimate of drug-likeness (QED) is 0.430. The number of hydrogen-bond acceptors (Lipinski definition) is 4. The Hall–Kier alpha value is -2.86. The number of anilines is 1. The lowest BCUT2D eigenvalue weighted by Gasteiger charge is -1.99. The normalized spacial score (nSPS) is 11.1. The van der Waals surface area contributed by atoms with Gasteiger partial charge in [0.1, 0.15) is 5.15 Å². The molecule has 1 heterocycles. The predicted octanol–water partition coefficient (Wildman–Crippen LogP) is 4.18. The summed E-state index contributed by atoms with van der Waals surface area (Å²) in [5.74, 6) is 0. The maximum atomic E-state index is 10.6. The summed E-state index contributed by atoms with van der Waals surface area (Å²) in [5, 5.41) is 16.2. The van der Waals surface area contributed by atoms with E-state index >= 15 is 0 Å². The van der Waals surface area contributed by atoms with Crippen molar-refractivity contribution in [2.75, 3.05) is 5.43 Å². The van der Waals surface area contributed by atoms with E-state index in [0.717, 1.165) is 16.5 Å². The van der Waals surface area contributed by atoms with Gasteiger partial charge >= 0.3 is 0 Å². The number of aromatic nitrogens is 1. The summed E-state index contributed by atoms with van der Waals surface area (Å²) in [7, 11) is 0. The molecule has 0 atom stereocenters. The van der Waals surface area contributed by atoms with Gasteiger partial charge < -0.3 is 4.98 Å². The molecule has 110 valence electrons. The van der Waals surface area contributed by atoms with Gasteiger partial charge in [0.2, 0.25) is 0 Å². The molecule has 0 bridgehead atoms. The molecule has 3 aromatic rings. The number of halogens is 1. The highest BCUT2D eigenvalue weighted by Crippen LogP contribution is 2.24. The second kappa shape index (κ2) is 5.87. The van der Waals surface area contributed by atoms with E-state index < -0.39 is 4.92 Å². The molecule has 1 aromatic heterocycles. The van der Waals surface area contributed by atoms with Crippen molar-refractivity contribution in [1.29, 1.82) is 0 Å². The number of hydrazone groups is 1. The smallest absolute Gasteiger partial charge is 0.269 e. The molecule has 0 amide bonds. The van der Waals surface area contributed by atoms with Gasteiger partial charge in [-0.15, -0.1) is 0 Å². The minimum Gasteiger partial charge on any atom is -0.345 e. The van der Waals surface area contributed by atoms with E-state index in [1.54, 1.807) is 18.3 Å². The highest BCUT2D eigenvalue weighted by atomic mass is 35.5. The first-order valence-corrected chi connectivity index (χ1v) is 6.82. The van der Waals surface area contributed by atoms with E-state index in [9.17, 15) is 10.1 Å². The van der Waals surface area contributed by atoms with Gasteiger partial charge in [-0.25, -0.2) is 0 Å². The molecule has 0 aliphatic heterocycles. The molecule has 0 saturated carbocycles. The van der Waals surface area contributed by atoms with E-state index in [1.165, 1.54) is 12.1 Å². The second-order valence-corrected chi connectivity index (χ2v) is 4.95. The van der Waals surface area contributed by atoms with Crippen LogP contribution in [0.3, 0.4) is 0 Å². The summed E-state index contributed by atoms with van der Waals surface area (Å²) in [4.78, 5) is 13.2. The van der Waals surface area contributed by atoms with Crippen molar-refractivity contribution in [3.8, 4) is 0 Å². The Bertz CT molecular complexity index is 856. The summed E-state index contributed by atoms with van der Waals surface area (Å²) >= 11 is 6.16. The van der Waals surface area contributed by atoms with Crippen LogP contribution >= 0.6 is 11.6 Å². The number of nitro benzene ring substituents is 1. The number of aromatic amines is 1. The summed E-state index contributed by atoms with van der Waals surface area (Å²) in [5.41, 5.74) is 5.22. The first kappa shape index (κ1) is 14.1. The number of para-hydroxylation sites is 1. The minimum absolute atomic E-state index is 0.0363. The van der Waals surface area contributed by atoms with Crippen LogP contribution in [-0.2, 0) is 0 Å². The van der Waals surface area contributed by atoms with Crippen molar-refractivity contribution in [2.24, 2.45) is 5.10 Å². The fourth-order valence-electron chi connectivity index (χ4n) is 2.09. The van der Waals surface area contributed by atoms with Crippen LogP contribution in [0.2, 0.25) is 5.15 Å². The highest BCUT2D eigenvalue weighted by Gasteiger charge is 2.07. The molecule has 0 aliphatic carbocycles. The molecule has 0 unspecified atom stereocenters. The molecule has 7 heteroatoms. The predicted molar refractivity (Wildman–Crippen MR) is 87.6 cm³/mol. The van der Waals surface area contributed by atoms with Crippen LogP contribution in [0.15, 0.2) is 53.6 Å². The van der Waals surface area contributed by atoms with Crippen LogP contribution in [0.5, 0.6) is 0 Å². The SMILES string of the molecule is O=[N+]([O-])c1ccc(N/N=C/c2c(Cl)[nH]c3ccccc23)cc1. The van der Waals surface area contributed by atoms with Crippen LogP contribution in [0.4, 0.5) is 11.4 Å². The fourth-order valence-corrected chi connectivity index (χ4v) is 2.34. The zero-order valence-corrected chi connectivity index (χ0v) is 12.0. The van der Waals surface area contributed by atoms with Crippen molar-refractivity contribution in [3.05, 3.63) is 69.4 Å². The van der Waals surface area contributed by atoms with E-state index in [1.807, 2.05) is 24.3 Å². The van der Waals surface area contributed by atoms with Crippen molar-refractivity contribution in [2.45, 2.75) is 0 Å². The molecule has 0 spiro atoms. The van der Waals surface area contributed by atoms with E-state index in [2.05, 4.69) is 15.5 Å². The lowest BCUT2D eigenvalue weighted by Crippen LogP contribution is -1.92. The molecule has 2 aromatic carbocycles. The van der Waals surface area contributed by atoms with Gasteiger partial charge in [0, 0.05) is 28.6 Å². The largest absolute Gasteiger partial charge is 0.345 e. The Kier molecular flexibility index (Phi) is 3.76. The first-order chi connectivity index (χ1) is 10.6. The summed E-state index contributed by atoms with van der Waals surface area (Å²) < 4.78 is 0. The van der Waals surface area contributed by atoms with E-state index in [-0.39, 0.29) is 5.69 Å². The van der Waals surface area contributed by atoms with Gasteiger partial charge in [-0.3, -0.25) is 15.5 Å². The highest BCUT2D eigenvalue weighted by molar-refractivity contribution is 6.34. The number of hydrogen-bond donors (Lipinski definition) is 2. The number of nitro groups is 1. The molecule has 0 aliphatic rings. The van der Waals surface area contributed by atoms with Gasteiger partial charge in [-0.1, -0.05) is 29.8 Å². The third-order valence-electron chi connectivity index (χ3n) is 3.16. The number of rotatable bonds is 4. The molecule has 22 heavy (non-hydrogen) atoms. The molecular formula is C15H11ClN4O2. The Morgan fingerprint density at radius 1 is 1.18 bits per heavy atom. The van der Waals surface area contributed by atoms with Crippen LogP contribution in [0.25, 0.3) is 10.9 Å². The molecule has 0 radical (unpaired) electrons. The molecular weight excluding hydrogens is 304 g/mol. The lowest BCUT2D eigenvalue weighted by atomic mass is 10.2. The van der Waals surface area contributed by atoms with Crippen molar-refractivity contribution >= 4 is 40.1 Å². The molecule has 3 rings (SSSR count). The van der Waals surface area contributed by atoms with Crippen LogP contribution in [-0.4, -0.2) is 16.1 Å². The Labute approximate surface area is 130 Å². The van der Waals surface area contributed by atoms with Crippen LogP contribution in [0.1, 0.15) is 5.56 Å². The van der Waals surface area contributed by atoms with Crippen molar-refractivity contribution < 1.29 is 4.92 Å². The topological polar surface area (TPSA) is 83.3 Å². The number of non-ortho nitro benzene ring substituents is 1. The molecule has 6 nitrogen and oxygen atoms in total. The second-order valence-electron chi connectivity index (χ2n) is 4.57. The number of H-pyrrole nitrogens is 1. The third kappa shape index (κ3) is 2.77. The van der Waals surface area contributed by atoms with Gasteiger partial charge in [-0.2, -0.15) is 5.10 Å².